The van der Waals surface area contributed by atoms with E-state index in [9.17, 15) is 19.2 Å². The lowest BCUT2D eigenvalue weighted by Gasteiger charge is -2.41. The Morgan fingerprint density at radius 1 is 1.06 bits per heavy atom. The smallest absolute Gasteiger partial charge is 0.311 e. The first-order chi connectivity index (χ1) is 15.8. The number of nitrogens with zero attached hydrogens (tertiary/aromatic N) is 2. The summed E-state index contributed by atoms with van der Waals surface area (Å²) in [6.45, 7) is 3.58. The lowest BCUT2D eigenvalue weighted by atomic mass is 9.96. The molecule has 0 aliphatic carbocycles. The van der Waals surface area contributed by atoms with E-state index in [1.807, 2.05) is 30.3 Å². The number of esters is 1. The summed E-state index contributed by atoms with van der Waals surface area (Å²) in [6.07, 6.45) is 0.778. The molecule has 2 heterocycles. The third-order valence-corrected chi connectivity index (χ3v) is 6.16. The van der Waals surface area contributed by atoms with Crippen LogP contribution in [-0.2, 0) is 30.3 Å². The zero-order chi connectivity index (χ0) is 23.6. The van der Waals surface area contributed by atoms with Gasteiger partial charge in [0.1, 0.15) is 5.54 Å². The van der Waals surface area contributed by atoms with E-state index in [4.69, 9.17) is 4.74 Å². The molecule has 1 N–H and O–H groups in total. The van der Waals surface area contributed by atoms with Crippen molar-refractivity contribution in [3.05, 3.63) is 60.2 Å². The molecule has 0 saturated carbocycles. The number of carbonyl (C=O) groups excluding carboxylic acids is 4. The van der Waals surface area contributed by atoms with Crippen LogP contribution < -0.4 is 10.2 Å². The van der Waals surface area contributed by atoms with Crippen LogP contribution in [-0.4, -0.2) is 53.8 Å². The van der Waals surface area contributed by atoms with Gasteiger partial charge in [0, 0.05) is 19.5 Å². The van der Waals surface area contributed by atoms with Crippen molar-refractivity contribution in [2.75, 3.05) is 29.9 Å². The monoisotopic (exact) mass is 449 g/mol. The minimum Gasteiger partial charge on any atom is -0.455 e. The maximum atomic E-state index is 13.0. The van der Waals surface area contributed by atoms with Crippen molar-refractivity contribution in [1.82, 2.24) is 4.90 Å². The number of ether oxygens (including phenoxy) is 1. The molecular weight excluding hydrogens is 422 g/mol. The Bertz CT molecular complexity index is 1080. The SMILES string of the molecule is CC1(C)C(=O)Nc2ccccc2N1C(=O)COC(=O)C1CC(=O)N(CCc2ccccc2)C1. The number of benzene rings is 2. The molecular formula is C25H27N3O5. The normalized spacial score (nSPS) is 19.2. The van der Waals surface area contributed by atoms with Gasteiger partial charge < -0.3 is 15.0 Å². The van der Waals surface area contributed by atoms with Crippen molar-refractivity contribution >= 4 is 35.1 Å². The van der Waals surface area contributed by atoms with Gasteiger partial charge in [-0.15, -0.1) is 0 Å². The Morgan fingerprint density at radius 2 is 1.76 bits per heavy atom. The second-order valence-corrected chi connectivity index (χ2v) is 8.84. The molecule has 1 atom stereocenters. The molecule has 3 amide bonds. The van der Waals surface area contributed by atoms with E-state index >= 15 is 0 Å². The van der Waals surface area contributed by atoms with Crippen LogP contribution in [0.15, 0.2) is 54.6 Å². The number of fused-ring (bicyclic) bond motifs is 1. The summed E-state index contributed by atoms with van der Waals surface area (Å²) >= 11 is 0. The van der Waals surface area contributed by atoms with Gasteiger partial charge in [0.2, 0.25) is 11.8 Å². The van der Waals surface area contributed by atoms with Gasteiger partial charge in [-0.3, -0.25) is 24.1 Å². The maximum absolute atomic E-state index is 13.0. The van der Waals surface area contributed by atoms with Crippen LogP contribution >= 0.6 is 0 Å². The van der Waals surface area contributed by atoms with Gasteiger partial charge in [0.25, 0.3) is 5.91 Å². The van der Waals surface area contributed by atoms with Crippen LogP contribution in [0.5, 0.6) is 0 Å². The van der Waals surface area contributed by atoms with Gasteiger partial charge in [0.05, 0.1) is 17.3 Å². The fourth-order valence-electron chi connectivity index (χ4n) is 4.27. The molecule has 0 spiro atoms. The first kappa shape index (κ1) is 22.5. The highest BCUT2D eigenvalue weighted by molar-refractivity contribution is 6.14. The number of carbonyl (C=O) groups is 4. The zero-order valence-corrected chi connectivity index (χ0v) is 18.7. The van der Waals surface area contributed by atoms with Crippen molar-refractivity contribution < 1.29 is 23.9 Å². The number of para-hydroxylation sites is 2. The van der Waals surface area contributed by atoms with Crippen LogP contribution in [0, 0.1) is 5.92 Å². The summed E-state index contributed by atoms with van der Waals surface area (Å²) in [5.41, 5.74) is 1.05. The second-order valence-electron chi connectivity index (χ2n) is 8.84. The Labute approximate surface area is 192 Å². The first-order valence-corrected chi connectivity index (χ1v) is 11.0. The number of hydrogen-bond acceptors (Lipinski definition) is 5. The van der Waals surface area contributed by atoms with Crippen molar-refractivity contribution in [2.24, 2.45) is 5.92 Å². The summed E-state index contributed by atoms with van der Waals surface area (Å²) in [7, 11) is 0. The Morgan fingerprint density at radius 3 is 2.52 bits per heavy atom. The quantitative estimate of drug-likeness (QED) is 0.683. The highest BCUT2D eigenvalue weighted by atomic mass is 16.5. The van der Waals surface area contributed by atoms with Gasteiger partial charge in [-0.05, 0) is 38.0 Å². The Kier molecular flexibility index (Phi) is 6.18. The highest BCUT2D eigenvalue weighted by Crippen LogP contribution is 2.36. The number of amides is 3. The molecule has 1 fully saturated rings. The predicted molar refractivity (Wildman–Crippen MR) is 122 cm³/mol. The van der Waals surface area contributed by atoms with E-state index < -0.39 is 29.9 Å². The van der Waals surface area contributed by atoms with E-state index in [1.54, 1.807) is 43.0 Å². The summed E-state index contributed by atoms with van der Waals surface area (Å²) in [6, 6.07) is 16.8. The summed E-state index contributed by atoms with van der Waals surface area (Å²) < 4.78 is 5.30. The molecule has 0 aromatic heterocycles. The molecule has 2 aliphatic heterocycles. The molecule has 4 rings (SSSR count). The third-order valence-electron chi connectivity index (χ3n) is 6.16. The maximum Gasteiger partial charge on any atom is 0.311 e. The lowest BCUT2D eigenvalue weighted by Crippen LogP contribution is -2.59. The molecule has 33 heavy (non-hydrogen) atoms. The average Bonchev–Trinajstić information content (AvgIpc) is 3.18. The van der Waals surface area contributed by atoms with Crippen LogP contribution in [0.25, 0.3) is 0 Å². The van der Waals surface area contributed by atoms with E-state index in [1.165, 1.54) is 4.90 Å². The Balaban J connectivity index is 1.35. The number of likely N-dealkylation sites (tertiary alicyclic amines) is 1. The predicted octanol–water partition coefficient (Wildman–Crippen LogP) is 2.38. The fourth-order valence-corrected chi connectivity index (χ4v) is 4.27. The molecule has 0 radical (unpaired) electrons. The minimum atomic E-state index is -1.14. The summed E-state index contributed by atoms with van der Waals surface area (Å²) in [5.74, 6) is -2.10. The largest absolute Gasteiger partial charge is 0.455 e. The lowest BCUT2D eigenvalue weighted by molar-refractivity contribution is -0.152. The summed E-state index contributed by atoms with van der Waals surface area (Å²) in [4.78, 5) is 53.5. The van der Waals surface area contributed by atoms with Gasteiger partial charge >= 0.3 is 5.97 Å². The standard InChI is InChI=1S/C25H27N3O5/c1-25(2)24(32)26-19-10-6-7-11-20(19)28(25)22(30)16-33-23(31)18-14-21(29)27(15-18)13-12-17-8-4-3-5-9-17/h3-11,18H,12-16H2,1-2H3,(H,26,32). The van der Waals surface area contributed by atoms with Crippen molar-refractivity contribution in [3.8, 4) is 0 Å². The highest BCUT2D eigenvalue weighted by Gasteiger charge is 2.44. The molecule has 2 aliphatic rings. The molecule has 172 valence electrons. The molecule has 1 saturated heterocycles. The van der Waals surface area contributed by atoms with Crippen LogP contribution in [0.2, 0.25) is 0 Å². The van der Waals surface area contributed by atoms with E-state index in [-0.39, 0.29) is 24.8 Å². The zero-order valence-electron chi connectivity index (χ0n) is 18.7. The number of nitrogens with one attached hydrogen (secondary N) is 1. The van der Waals surface area contributed by atoms with Gasteiger partial charge in [-0.2, -0.15) is 0 Å². The van der Waals surface area contributed by atoms with Crippen LogP contribution in [0.3, 0.4) is 0 Å². The van der Waals surface area contributed by atoms with Crippen LogP contribution in [0.4, 0.5) is 11.4 Å². The number of hydrogen-bond donors (Lipinski definition) is 1. The van der Waals surface area contributed by atoms with Gasteiger partial charge in [-0.1, -0.05) is 42.5 Å². The molecule has 2 aromatic rings. The van der Waals surface area contributed by atoms with E-state index in [0.29, 0.717) is 24.3 Å². The molecule has 2 aromatic carbocycles. The molecule has 0 bridgehead atoms. The fraction of sp³-hybridized carbons (Fsp3) is 0.360. The third kappa shape index (κ3) is 4.60. The second kappa shape index (κ2) is 9.05. The van der Waals surface area contributed by atoms with E-state index in [0.717, 1.165) is 5.56 Å². The molecule has 8 heteroatoms. The van der Waals surface area contributed by atoms with Crippen LogP contribution in [0.1, 0.15) is 25.8 Å². The van der Waals surface area contributed by atoms with Crippen molar-refractivity contribution in [3.63, 3.8) is 0 Å². The average molecular weight is 450 g/mol. The number of anilines is 2. The van der Waals surface area contributed by atoms with Crippen molar-refractivity contribution in [2.45, 2.75) is 32.2 Å². The molecule has 1 unspecified atom stereocenters. The first-order valence-electron chi connectivity index (χ1n) is 11.0. The van der Waals surface area contributed by atoms with Gasteiger partial charge in [0.15, 0.2) is 6.61 Å². The molecule has 8 nitrogen and oxygen atoms in total. The minimum absolute atomic E-state index is 0.0717. The topological polar surface area (TPSA) is 96.0 Å². The number of rotatable bonds is 6. The van der Waals surface area contributed by atoms with E-state index in [2.05, 4.69) is 5.32 Å². The Hall–Kier alpha value is -3.68. The van der Waals surface area contributed by atoms with Crippen molar-refractivity contribution in [1.29, 1.82) is 0 Å². The summed E-state index contributed by atoms with van der Waals surface area (Å²) in [5, 5.41) is 2.79. The van der Waals surface area contributed by atoms with Gasteiger partial charge in [-0.25, -0.2) is 0 Å².